The number of aliphatic hydroxyl groups excluding tert-OH is 2. The number of benzene rings is 2. The van der Waals surface area contributed by atoms with Crippen molar-refractivity contribution in [1.29, 1.82) is 0 Å². The number of fused-ring (bicyclic) bond motifs is 1. The van der Waals surface area contributed by atoms with Crippen LogP contribution in [0, 0.1) is 9.49 Å². The molecule has 3 aromatic rings. The Balaban J connectivity index is 1.48. The van der Waals surface area contributed by atoms with Crippen LogP contribution >= 0.6 is 22.6 Å². The second-order valence-corrected chi connectivity index (χ2v) is 12.5. The summed E-state index contributed by atoms with van der Waals surface area (Å²) in [5.41, 5.74) is 2.74. The van der Waals surface area contributed by atoms with Gasteiger partial charge in [-0.3, -0.25) is 14.4 Å². The van der Waals surface area contributed by atoms with Crippen LogP contribution in [0.2, 0.25) is 0 Å². The SMILES string of the molecule is COc1cc(C=O)cc(I)c1OC1C=C(C(=O)NCCO)CC(N(CCc2cc3ccccc3[nH]2)C(=O)C2CCCC2)C1O. The van der Waals surface area contributed by atoms with Crippen LogP contribution in [0.25, 0.3) is 10.9 Å². The summed E-state index contributed by atoms with van der Waals surface area (Å²) in [6, 6.07) is 12.5. The molecule has 10 nitrogen and oxygen atoms in total. The number of nitrogens with zero attached hydrogens (tertiary/aromatic N) is 1. The van der Waals surface area contributed by atoms with Gasteiger partial charge in [0.05, 0.1) is 23.3 Å². The summed E-state index contributed by atoms with van der Waals surface area (Å²) in [6.45, 7) is 0.191. The summed E-state index contributed by atoms with van der Waals surface area (Å²) in [5, 5.41) is 24.9. The lowest BCUT2D eigenvalue weighted by molar-refractivity contribution is -0.142. The first-order valence-electron chi connectivity index (χ1n) is 15.0. The summed E-state index contributed by atoms with van der Waals surface area (Å²) in [4.78, 5) is 43.9. The van der Waals surface area contributed by atoms with Crippen molar-refractivity contribution in [1.82, 2.24) is 15.2 Å². The topological polar surface area (TPSA) is 141 Å². The number of hydrogen-bond acceptors (Lipinski definition) is 7. The fourth-order valence-electron chi connectivity index (χ4n) is 6.19. The summed E-state index contributed by atoms with van der Waals surface area (Å²) in [5.74, 6) is 0.0679. The molecular weight excluding hydrogens is 677 g/mol. The predicted octanol–water partition coefficient (Wildman–Crippen LogP) is 3.77. The Morgan fingerprint density at radius 3 is 2.66 bits per heavy atom. The summed E-state index contributed by atoms with van der Waals surface area (Å²) < 4.78 is 12.4. The molecule has 2 aliphatic rings. The Hall–Kier alpha value is -3.42. The molecule has 44 heavy (non-hydrogen) atoms. The summed E-state index contributed by atoms with van der Waals surface area (Å²) >= 11 is 2.04. The Morgan fingerprint density at radius 1 is 1.18 bits per heavy atom. The molecule has 1 saturated carbocycles. The second-order valence-electron chi connectivity index (χ2n) is 11.3. The van der Waals surface area contributed by atoms with E-state index >= 15 is 0 Å². The highest BCUT2D eigenvalue weighted by Crippen LogP contribution is 2.37. The van der Waals surface area contributed by atoms with E-state index in [0.717, 1.165) is 42.3 Å². The summed E-state index contributed by atoms with van der Waals surface area (Å²) in [6.07, 6.45) is 4.34. The molecule has 4 N–H and O–H groups in total. The molecule has 234 valence electrons. The minimum absolute atomic E-state index is 0.0269. The van der Waals surface area contributed by atoms with E-state index in [1.807, 2.05) is 46.9 Å². The third-order valence-electron chi connectivity index (χ3n) is 8.45. The molecule has 1 aromatic heterocycles. The van der Waals surface area contributed by atoms with Crippen molar-refractivity contribution in [2.24, 2.45) is 5.92 Å². The van der Waals surface area contributed by atoms with Gasteiger partial charge in [-0.05, 0) is 71.2 Å². The van der Waals surface area contributed by atoms with E-state index < -0.39 is 24.2 Å². The molecule has 2 aliphatic carbocycles. The van der Waals surface area contributed by atoms with Gasteiger partial charge in [0.15, 0.2) is 11.5 Å². The van der Waals surface area contributed by atoms with E-state index in [0.29, 0.717) is 45.5 Å². The highest BCUT2D eigenvalue weighted by atomic mass is 127. The van der Waals surface area contributed by atoms with Crippen molar-refractivity contribution in [3.05, 3.63) is 68.9 Å². The van der Waals surface area contributed by atoms with E-state index in [1.54, 1.807) is 23.1 Å². The third kappa shape index (κ3) is 7.10. The van der Waals surface area contributed by atoms with Crippen LogP contribution < -0.4 is 14.8 Å². The van der Waals surface area contributed by atoms with Gasteiger partial charge in [-0.2, -0.15) is 0 Å². The number of nitrogens with one attached hydrogen (secondary N) is 2. The van der Waals surface area contributed by atoms with Gasteiger partial charge in [0.2, 0.25) is 11.8 Å². The first-order chi connectivity index (χ1) is 21.3. The van der Waals surface area contributed by atoms with Crippen LogP contribution in [-0.4, -0.2) is 83.3 Å². The third-order valence-corrected chi connectivity index (χ3v) is 9.25. The number of carbonyl (C=O) groups is 3. The molecule has 0 bridgehead atoms. The number of amides is 2. The van der Waals surface area contributed by atoms with Crippen molar-refractivity contribution >= 4 is 51.6 Å². The normalized spacial score (nSPS) is 20.3. The average Bonchev–Trinajstić information content (AvgIpc) is 3.72. The first kappa shape index (κ1) is 32.0. The molecular formula is C33H38IN3O7. The Morgan fingerprint density at radius 2 is 1.95 bits per heavy atom. The predicted molar refractivity (Wildman–Crippen MR) is 174 cm³/mol. The fraction of sp³-hybridized carbons (Fsp3) is 0.424. The zero-order chi connectivity index (χ0) is 31.2. The van der Waals surface area contributed by atoms with E-state index in [-0.39, 0.29) is 31.4 Å². The Bertz CT molecular complexity index is 1500. The molecule has 0 radical (unpaired) electrons. The van der Waals surface area contributed by atoms with Crippen molar-refractivity contribution in [2.75, 3.05) is 26.8 Å². The van der Waals surface area contributed by atoms with Gasteiger partial charge in [-0.1, -0.05) is 31.0 Å². The second kappa shape index (κ2) is 14.6. The molecule has 5 rings (SSSR count). The molecule has 0 aliphatic heterocycles. The zero-order valence-corrected chi connectivity index (χ0v) is 26.8. The van der Waals surface area contributed by atoms with Crippen LogP contribution in [-0.2, 0) is 16.0 Å². The average molecular weight is 716 g/mol. The van der Waals surface area contributed by atoms with Gasteiger partial charge < -0.3 is 34.9 Å². The molecule has 1 heterocycles. The maximum atomic E-state index is 14.1. The van der Waals surface area contributed by atoms with E-state index in [2.05, 4.69) is 16.4 Å². The number of rotatable bonds is 12. The minimum Gasteiger partial charge on any atom is -0.493 e. The highest BCUT2D eigenvalue weighted by Gasteiger charge is 2.42. The molecule has 1 fully saturated rings. The van der Waals surface area contributed by atoms with Gasteiger partial charge in [0, 0.05) is 54.2 Å². The van der Waals surface area contributed by atoms with Crippen molar-refractivity contribution in [3.63, 3.8) is 0 Å². The number of para-hydroxylation sites is 1. The number of aldehydes is 1. The molecule has 11 heteroatoms. The Labute approximate surface area is 269 Å². The Kier molecular flexibility index (Phi) is 10.6. The number of methoxy groups -OCH3 is 1. The first-order valence-corrected chi connectivity index (χ1v) is 16.0. The molecule has 2 amide bonds. The van der Waals surface area contributed by atoms with Gasteiger partial charge in [0.1, 0.15) is 18.5 Å². The van der Waals surface area contributed by atoms with Gasteiger partial charge in [-0.25, -0.2) is 0 Å². The number of carbonyl (C=O) groups excluding carboxylic acids is 3. The lowest BCUT2D eigenvalue weighted by atomic mass is 9.87. The lowest BCUT2D eigenvalue weighted by Crippen LogP contribution is -2.56. The molecule has 0 saturated heterocycles. The van der Waals surface area contributed by atoms with E-state index in [9.17, 15) is 24.6 Å². The lowest BCUT2D eigenvalue weighted by Gasteiger charge is -2.41. The summed E-state index contributed by atoms with van der Waals surface area (Å²) in [7, 11) is 1.46. The van der Waals surface area contributed by atoms with Crippen LogP contribution in [0.15, 0.2) is 54.1 Å². The highest BCUT2D eigenvalue weighted by molar-refractivity contribution is 14.1. The number of ether oxygens (including phenoxy) is 2. The number of aromatic nitrogens is 1. The van der Waals surface area contributed by atoms with Crippen molar-refractivity contribution in [2.45, 2.75) is 56.8 Å². The van der Waals surface area contributed by atoms with Crippen LogP contribution in [0.3, 0.4) is 0 Å². The number of H-pyrrole nitrogens is 1. The number of aromatic amines is 1. The van der Waals surface area contributed by atoms with Gasteiger partial charge >= 0.3 is 0 Å². The monoisotopic (exact) mass is 715 g/mol. The maximum absolute atomic E-state index is 14.1. The van der Waals surface area contributed by atoms with E-state index in [1.165, 1.54) is 7.11 Å². The van der Waals surface area contributed by atoms with Crippen LogP contribution in [0.5, 0.6) is 11.5 Å². The van der Waals surface area contributed by atoms with Gasteiger partial charge in [0.25, 0.3) is 0 Å². The molecule has 3 unspecified atom stereocenters. The number of halogens is 1. The number of aliphatic hydroxyl groups is 2. The van der Waals surface area contributed by atoms with Crippen molar-refractivity contribution in [3.8, 4) is 11.5 Å². The smallest absolute Gasteiger partial charge is 0.247 e. The van der Waals surface area contributed by atoms with Crippen molar-refractivity contribution < 1.29 is 34.1 Å². The molecule has 2 aromatic carbocycles. The maximum Gasteiger partial charge on any atom is 0.247 e. The van der Waals surface area contributed by atoms with E-state index in [4.69, 9.17) is 9.47 Å². The standard InChI is InChI=1S/C33H38IN3O7/c1-43-29-15-20(19-39)14-25(34)31(29)44-28-18-23(32(41)35-11-13-38)17-27(30(28)40)37(33(42)21-6-2-3-7-21)12-10-24-16-22-8-4-5-9-26(22)36-24/h4-5,8-9,14-16,18-19,21,27-28,30,36,38,40H,2-3,6-7,10-13,17H2,1H3,(H,35,41). The fourth-order valence-corrected chi connectivity index (χ4v) is 6.95. The minimum atomic E-state index is -1.16. The van der Waals surface area contributed by atoms with Crippen LogP contribution in [0.1, 0.15) is 48.2 Å². The van der Waals surface area contributed by atoms with Gasteiger partial charge in [-0.15, -0.1) is 0 Å². The largest absolute Gasteiger partial charge is 0.493 e. The zero-order valence-electron chi connectivity index (χ0n) is 24.6. The van der Waals surface area contributed by atoms with Crippen LogP contribution in [0.4, 0.5) is 0 Å². The number of hydrogen-bond donors (Lipinski definition) is 4. The molecule has 0 spiro atoms. The molecule has 3 atom stereocenters. The quantitative estimate of drug-likeness (QED) is 0.165.